The number of carbonyl (C=O) groups is 2. The number of likely N-dealkylation sites (N-methyl/N-ethyl adjacent to an activating group) is 1. The van der Waals surface area contributed by atoms with Gasteiger partial charge in [-0.1, -0.05) is 19.3 Å². The van der Waals surface area contributed by atoms with Crippen LogP contribution < -0.4 is 0 Å². The Kier molecular flexibility index (Phi) is 4.86. The third kappa shape index (κ3) is 3.14. The third-order valence-corrected chi connectivity index (χ3v) is 4.31. The van der Waals surface area contributed by atoms with Crippen LogP contribution >= 0.6 is 0 Å². The third-order valence-electron chi connectivity index (χ3n) is 4.31. The zero-order chi connectivity index (χ0) is 16.2. The van der Waals surface area contributed by atoms with Gasteiger partial charge >= 0.3 is 5.97 Å². The van der Waals surface area contributed by atoms with Gasteiger partial charge in [-0.25, -0.2) is 4.79 Å². The van der Waals surface area contributed by atoms with E-state index in [2.05, 4.69) is 11.1 Å². The second-order valence-electron chi connectivity index (χ2n) is 5.73. The summed E-state index contributed by atoms with van der Waals surface area (Å²) in [5.41, 5.74) is -0.474. The smallest absolute Gasteiger partial charge is 0.355 e. The van der Waals surface area contributed by atoms with E-state index in [1.807, 2.05) is 0 Å². The lowest BCUT2D eigenvalue weighted by Gasteiger charge is -2.39. The summed E-state index contributed by atoms with van der Waals surface area (Å²) in [5, 5.41) is 9.52. The average Bonchev–Trinajstić information content (AvgIpc) is 3.08. The Labute approximate surface area is 130 Å². The minimum Gasteiger partial charge on any atom is -0.448 e. The molecular weight excluding hydrogens is 282 g/mol. The standard InChI is InChI=1S/C16H21N3O3/c1-12(22-15(21)13-7-6-10-18-13)14(20)19(2)16(11-17)8-4-3-5-9-16/h6-7,10,12,18H,3-5,8-9H2,1-2H3/t12-/m0/s1. The van der Waals surface area contributed by atoms with Gasteiger partial charge in [0, 0.05) is 13.2 Å². The van der Waals surface area contributed by atoms with Crippen molar-refractivity contribution in [1.82, 2.24) is 9.88 Å². The van der Waals surface area contributed by atoms with E-state index in [4.69, 9.17) is 4.74 Å². The largest absolute Gasteiger partial charge is 0.448 e. The molecule has 1 fully saturated rings. The molecule has 0 aromatic carbocycles. The van der Waals surface area contributed by atoms with E-state index in [0.717, 1.165) is 19.3 Å². The number of esters is 1. The molecule has 1 heterocycles. The van der Waals surface area contributed by atoms with Gasteiger partial charge in [-0.2, -0.15) is 5.26 Å². The molecule has 1 aromatic rings. The predicted molar refractivity (Wildman–Crippen MR) is 79.9 cm³/mol. The van der Waals surface area contributed by atoms with Gasteiger partial charge < -0.3 is 14.6 Å². The van der Waals surface area contributed by atoms with Gasteiger partial charge in [0.15, 0.2) is 6.10 Å². The lowest BCUT2D eigenvalue weighted by Crippen LogP contribution is -2.53. The molecule has 22 heavy (non-hydrogen) atoms. The molecule has 1 saturated carbocycles. The van der Waals surface area contributed by atoms with Crippen molar-refractivity contribution in [2.45, 2.75) is 50.7 Å². The molecule has 1 aromatic heterocycles. The fraction of sp³-hybridized carbons (Fsp3) is 0.562. The average molecular weight is 303 g/mol. The zero-order valence-corrected chi connectivity index (χ0v) is 13.0. The van der Waals surface area contributed by atoms with E-state index in [1.54, 1.807) is 25.4 Å². The van der Waals surface area contributed by atoms with Crippen LogP contribution in [-0.2, 0) is 9.53 Å². The number of hydrogen-bond acceptors (Lipinski definition) is 4. The number of hydrogen-bond donors (Lipinski definition) is 1. The fourth-order valence-corrected chi connectivity index (χ4v) is 2.87. The fourth-order valence-electron chi connectivity index (χ4n) is 2.87. The van der Waals surface area contributed by atoms with Crippen LogP contribution in [0.4, 0.5) is 0 Å². The van der Waals surface area contributed by atoms with E-state index >= 15 is 0 Å². The normalized spacial score (nSPS) is 18.0. The first kappa shape index (κ1) is 16.1. The van der Waals surface area contributed by atoms with Crippen LogP contribution in [0.25, 0.3) is 0 Å². The topological polar surface area (TPSA) is 86.2 Å². The Morgan fingerprint density at radius 2 is 2.09 bits per heavy atom. The molecular formula is C16H21N3O3. The summed E-state index contributed by atoms with van der Waals surface area (Å²) in [6.07, 6.45) is 4.98. The van der Waals surface area contributed by atoms with Gasteiger partial charge in [-0.3, -0.25) is 4.79 Å². The minimum atomic E-state index is -0.923. The molecule has 0 unspecified atom stereocenters. The number of nitrogens with one attached hydrogen (secondary N) is 1. The number of aromatic amines is 1. The quantitative estimate of drug-likeness (QED) is 0.864. The number of nitriles is 1. The summed E-state index contributed by atoms with van der Waals surface area (Å²) < 4.78 is 5.19. The van der Waals surface area contributed by atoms with Gasteiger partial charge in [0.05, 0.1) is 6.07 Å². The van der Waals surface area contributed by atoms with Gasteiger partial charge in [-0.05, 0) is 31.9 Å². The maximum absolute atomic E-state index is 12.5. The number of aromatic nitrogens is 1. The highest BCUT2D eigenvalue weighted by molar-refractivity contribution is 5.90. The number of carbonyl (C=O) groups excluding carboxylic acids is 2. The summed E-state index contributed by atoms with van der Waals surface area (Å²) in [4.78, 5) is 28.6. The first-order chi connectivity index (χ1) is 10.5. The molecule has 1 amide bonds. The monoisotopic (exact) mass is 303 g/mol. The van der Waals surface area contributed by atoms with E-state index in [-0.39, 0.29) is 5.91 Å². The summed E-state index contributed by atoms with van der Waals surface area (Å²) >= 11 is 0. The number of H-pyrrole nitrogens is 1. The van der Waals surface area contributed by atoms with E-state index in [1.165, 1.54) is 11.8 Å². The molecule has 0 aliphatic heterocycles. The molecule has 0 radical (unpaired) electrons. The van der Waals surface area contributed by atoms with Crippen LogP contribution in [0.3, 0.4) is 0 Å². The zero-order valence-electron chi connectivity index (χ0n) is 13.0. The summed E-state index contributed by atoms with van der Waals surface area (Å²) in [5.74, 6) is -0.919. The van der Waals surface area contributed by atoms with Crippen LogP contribution in [0, 0.1) is 11.3 Å². The SMILES string of the molecule is C[C@H](OC(=O)c1ccc[nH]1)C(=O)N(C)C1(C#N)CCCCC1. The molecule has 0 bridgehead atoms. The Morgan fingerprint density at radius 1 is 1.41 bits per heavy atom. The lowest BCUT2D eigenvalue weighted by atomic mass is 9.81. The highest BCUT2D eigenvalue weighted by Gasteiger charge is 2.40. The summed E-state index contributed by atoms with van der Waals surface area (Å²) in [7, 11) is 1.62. The van der Waals surface area contributed by atoms with Crippen LogP contribution in [0.5, 0.6) is 0 Å². The predicted octanol–water partition coefficient (Wildman–Crippen LogP) is 2.24. The van der Waals surface area contributed by atoms with Gasteiger partial charge in [-0.15, -0.1) is 0 Å². The highest BCUT2D eigenvalue weighted by Crippen LogP contribution is 2.32. The summed E-state index contributed by atoms with van der Waals surface area (Å²) in [6.45, 7) is 1.54. The van der Waals surface area contributed by atoms with E-state index in [0.29, 0.717) is 18.5 Å². The van der Waals surface area contributed by atoms with Crippen molar-refractivity contribution in [2.75, 3.05) is 7.05 Å². The number of nitrogens with zero attached hydrogens (tertiary/aromatic N) is 2. The van der Waals surface area contributed by atoms with Crippen molar-refractivity contribution in [3.63, 3.8) is 0 Å². The Bertz CT molecular complexity index is 568. The van der Waals surface area contributed by atoms with Crippen molar-refractivity contribution in [1.29, 1.82) is 5.26 Å². The molecule has 1 aliphatic rings. The number of rotatable bonds is 4. The maximum Gasteiger partial charge on any atom is 0.355 e. The molecule has 6 nitrogen and oxygen atoms in total. The van der Waals surface area contributed by atoms with Crippen LogP contribution in [-0.4, -0.2) is 40.5 Å². The second-order valence-corrected chi connectivity index (χ2v) is 5.73. The highest BCUT2D eigenvalue weighted by atomic mass is 16.5. The van der Waals surface area contributed by atoms with Gasteiger partial charge in [0.25, 0.3) is 5.91 Å². The lowest BCUT2D eigenvalue weighted by molar-refractivity contribution is -0.143. The molecule has 1 N–H and O–H groups in total. The van der Waals surface area contributed by atoms with Gasteiger partial charge in [0.1, 0.15) is 11.2 Å². The van der Waals surface area contributed by atoms with Crippen molar-refractivity contribution >= 4 is 11.9 Å². The molecule has 0 spiro atoms. The molecule has 6 heteroatoms. The van der Waals surface area contributed by atoms with Crippen LogP contribution in [0.15, 0.2) is 18.3 Å². The van der Waals surface area contributed by atoms with E-state index in [9.17, 15) is 14.9 Å². The number of ether oxygens (including phenoxy) is 1. The van der Waals surface area contributed by atoms with Crippen LogP contribution in [0.1, 0.15) is 49.5 Å². The Hall–Kier alpha value is -2.29. The molecule has 118 valence electrons. The molecule has 2 rings (SSSR count). The molecule has 1 atom stereocenters. The van der Waals surface area contributed by atoms with Crippen molar-refractivity contribution in [2.24, 2.45) is 0 Å². The van der Waals surface area contributed by atoms with Crippen molar-refractivity contribution < 1.29 is 14.3 Å². The minimum absolute atomic E-state index is 0.301. The Morgan fingerprint density at radius 3 is 2.64 bits per heavy atom. The van der Waals surface area contributed by atoms with Crippen LogP contribution in [0.2, 0.25) is 0 Å². The summed E-state index contributed by atoms with van der Waals surface area (Å²) in [6, 6.07) is 5.56. The molecule has 1 aliphatic carbocycles. The maximum atomic E-state index is 12.5. The molecule has 0 saturated heterocycles. The second kappa shape index (κ2) is 6.65. The number of amides is 1. The van der Waals surface area contributed by atoms with Crippen molar-refractivity contribution in [3.05, 3.63) is 24.0 Å². The van der Waals surface area contributed by atoms with Crippen molar-refractivity contribution in [3.8, 4) is 6.07 Å². The van der Waals surface area contributed by atoms with E-state index < -0.39 is 17.6 Å². The first-order valence-corrected chi connectivity index (χ1v) is 7.53. The first-order valence-electron chi connectivity index (χ1n) is 7.53. The van der Waals surface area contributed by atoms with Gasteiger partial charge in [0.2, 0.25) is 0 Å². The Balaban J connectivity index is 2.03.